The summed E-state index contributed by atoms with van der Waals surface area (Å²) in [5, 5.41) is 0. The van der Waals surface area contributed by atoms with Crippen molar-refractivity contribution in [2.24, 2.45) is 0 Å². The molecular weight excluding hydrogens is 531 g/mol. The standard InChI is InChI=1S/C37H54N2.Ni/c1-7-12-15-16-17-18-21-34(28-39-38)29(6)37(35-24-30(10-4)22-31(11-5)25-35)36-26-32(19-13-8-2)23-33(27-36)20-14-9-3;/h22-27H,7-21H2,1-6H3;. The van der Waals surface area contributed by atoms with E-state index in [1.54, 1.807) is 0 Å². The fourth-order valence-corrected chi connectivity index (χ4v) is 5.49. The van der Waals surface area contributed by atoms with Crippen LogP contribution in [0.5, 0.6) is 0 Å². The van der Waals surface area contributed by atoms with Crippen LogP contribution in [0.25, 0.3) is 11.1 Å². The third-order valence-electron chi connectivity index (χ3n) is 7.93. The van der Waals surface area contributed by atoms with E-state index in [0.29, 0.717) is 0 Å². The van der Waals surface area contributed by atoms with Crippen molar-refractivity contribution in [3.63, 3.8) is 0 Å². The fourth-order valence-electron chi connectivity index (χ4n) is 5.49. The number of rotatable bonds is 18. The molecule has 0 bridgehead atoms. The number of hydrogen-bond acceptors (Lipinski definition) is 0. The number of benzene rings is 2. The first-order chi connectivity index (χ1) is 19.0. The Labute approximate surface area is 256 Å². The number of nitrogens with zero attached hydrogens (tertiary/aromatic N) is 2. The van der Waals surface area contributed by atoms with E-state index in [-0.39, 0.29) is 16.5 Å². The summed E-state index contributed by atoms with van der Waals surface area (Å²) in [6.45, 7) is 13.5. The first-order valence-electron chi connectivity index (χ1n) is 15.9. The van der Waals surface area contributed by atoms with E-state index in [1.165, 1.54) is 102 Å². The van der Waals surface area contributed by atoms with Crippen molar-refractivity contribution in [3.8, 4) is 0 Å². The van der Waals surface area contributed by atoms with E-state index in [4.69, 9.17) is 0 Å². The monoisotopic (exact) mass is 584 g/mol. The average Bonchev–Trinajstić information content (AvgIpc) is 2.95. The van der Waals surface area contributed by atoms with Gasteiger partial charge in [0.05, 0.1) is 5.57 Å². The Balaban J connectivity index is 0.00000800. The van der Waals surface area contributed by atoms with Gasteiger partial charge in [-0.15, -0.1) is 4.79 Å². The molecule has 0 aliphatic heterocycles. The van der Waals surface area contributed by atoms with Crippen LogP contribution in [-0.4, -0.2) is 10.7 Å². The van der Waals surface area contributed by atoms with Crippen LogP contribution in [0.3, 0.4) is 0 Å². The van der Waals surface area contributed by atoms with Crippen molar-refractivity contribution >= 4 is 11.4 Å². The van der Waals surface area contributed by atoms with Crippen molar-refractivity contribution in [3.05, 3.63) is 86.5 Å². The largest absolute Gasteiger partial charge is 0.348 e. The molecule has 2 aromatic carbocycles. The maximum atomic E-state index is 9.60. The Bertz CT molecular complexity index is 1100. The maximum absolute atomic E-state index is 9.60. The summed E-state index contributed by atoms with van der Waals surface area (Å²) >= 11 is 0. The molecule has 222 valence electrons. The first-order valence-corrected chi connectivity index (χ1v) is 15.9. The quantitative estimate of drug-likeness (QED) is 0.0417. The van der Waals surface area contributed by atoms with Gasteiger partial charge in [0.2, 0.25) is 0 Å². The minimum absolute atomic E-state index is 0. The van der Waals surface area contributed by atoms with E-state index in [2.05, 4.69) is 88.6 Å². The van der Waals surface area contributed by atoms with Crippen molar-refractivity contribution in [2.75, 3.05) is 0 Å². The molecule has 0 aromatic heterocycles. The van der Waals surface area contributed by atoms with Crippen LogP contribution in [-0.2, 0) is 42.2 Å². The van der Waals surface area contributed by atoms with Gasteiger partial charge in [-0.3, -0.25) is 0 Å². The van der Waals surface area contributed by atoms with Gasteiger partial charge in [-0.2, -0.15) is 0 Å². The number of aryl methyl sites for hydroxylation is 4. The zero-order valence-electron chi connectivity index (χ0n) is 26.3. The van der Waals surface area contributed by atoms with Gasteiger partial charge in [0.1, 0.15) is 0 Å². The number of hydrogen-bond donors (Lipinski definition) is 0. The summed E-state index contributed by atoms with van der Waals surface area (Å²) in [6, 6.07) is 14.4. The molecule has 40 heavy (non-hydrogen) atoms. The molecule has 0 fully saturated rings. The summed E-state index contributed by atoms with van der Waals surface area (Å²) in [5.41, 5.74) is 21.3. The van der Waals surface area contributed by atoms with Gasteiger partial charge in [0.25, 0.3) is 0 Å². The van der Waals surface area contributed by atoms with Gasteiger partial charge in [-0.25, -0.2) is 0 Å². The summed E-state index contributed by atoms with van der Waals surface area (Å²) in [6.07, 6.45) is 17.4. The van der Waals surface area contributed by atoms with Crippen molar-refractivity contribution < 1.29 is 21.3 Å². The minimum Gasteiger partial charge on any atom is -0.348 e. The third kappa shape index (κ3) is 11.7. The summed E-state index contributed by atoms with van der Waals surface area (Å²) < 4.78 is 0. The van der Waals surface area contributed by atoms with Crippen LogP contribution in [0.4, 0.5) is 0 Å². The van der Waals surface area contributed by atoms with Crippen LogP contribution in [0.1, 0.15) is 146 Å². The minimum atomic E-state index is 0. The average molecular weight is 586 g/mol. The SMILES string of the molecule is CCCCCCCCC(=C=[N+]=[N-])C(C)=C(c1cc(CC)cc(CC)c1)c1cc(CCCC)cc(CCCC)c1.[Ni]. The van der Waals surface area contributed by atoms with Crippen molar-refractivity contribution in [1.29, 1.82) is 0 Å². The van der Waals surface area contributed by atoms with E-state index in [0.717, 1.165) is 44.1 Å². The second-order valence-corrected chi connectivity index (χ2v) is 11.2. The predicted octanol–water partition coefficient (Wildman–Crippen LogP) is 10.9. The molecule has 0 heterocycles. The second kappa shape index (κ2) is 20.7. The molecule has 0 radical (unpaired) electrons. The normalized spacial score (nSPS) is 11.3. The molecule has 0 unspecified atom stereocenters. The van der Waals surface area contributed by atoms with Crippen molar-refractivity contribution in [2.45, 2.75) is 138 Å². The van der Waals surface area contributed by atoms with Gasteiger partial charge in [0.15, 0.2) is 0 Å². The van der Waals surface area contributed by atoms with Crippen LogP contribution in [0, 0.1) is 0 Å². The van der Waals surface area contributed by atoms with Gasteiger partial charge in [-0.1, -0.05) is 116 Å². The molecule has 0 amide bonds. The zero-order valence-corrected chi connectivity index (χ0v) is 27.3. The second-order valence-electron chi connectivity index (χ2n) is 11.2. The molecular formula is C37H54N2Ni. The van der Waals surface area contributed by atoms with Crippen LogP contribution < -0.4 is 0 Å². The number of allylic oxidation sites excluding steroid dienone is 2. The predicted molar refractivity (Wildman–Crippen MR) is 171 cm³/mol. The Kier molecular flexibility index (Phi) is 18.5. The summed E-state index contributed by atoms with van der Waals surface area (Å²) in [7, 11) is 0. The third-order valence-corrected chi connectivity index (χ3v) is 7.93. The topological polar surface area (TPSA) is 36.4 Å². The summed E-state index contributed by atoms with van der Waals surface area (Å²) in [4.78, 5) is 3.42. The van der Waals surface area contributed by atoms with E-state index in [9.17, 15) is 5.53 Å². The Morgan fingerprint density at radius 1 is 0.625 bits per heavy atom. The summed E-state index contributed by atoms with van der Waals surface area (Å²) in [5.74, 6) is 3.00. The molecule has 0 aliphatic rings. The van der Waals surface area contributed by atoms with Gasteiger partial charge < -0.3 is 5.53 Å². The molecule has 0 saturated carbocycles. The van der Waals surface area contributed by atoms with E-state index >= 15 is 0 Å². The molecule has 0 saturated heterocycles. The molecule has 2 nitrogen and oxygen atoms in total. The van der Waals surface area contributed by atoms with Crippen LogP contribution >= 0.6 is 0 Å². The molecule has 2 aromatic rings. The Morgan fingerprint density at radius 3 is 1.55 bits per heavy atom. The number of unbranched alkanes of at least 4 members (excludes halogenated alkanes) is 7. The molecule has 0 N–H and O–H groups in total. The van der Waals surface area contributed by atoms with Gasteiger partial charge in [0, 0.05) is 16.5 Å². The molecule has 0 aliphatic carbocycles. The first kappa shape index (κ1) is 35.9. The Morgan fingerprint density at radius 2 is 1.07 bits per heavy atom. The van der Waals surface area contributed by atoms with Crippen LogP contribution in [0.15, 0.2) is 47.5 Å². The van der Waals surface area contributed by atoms with Gasteiger partial charge in [-0.05, 0) is 103 Å². The molecule has 2 rings (SSSR count). The molecule has 0 spiro atoms. The molecule has 0 atom stereocenters. The van der Waals surface area contributed by atoms with Gasteiger partial charge >= 0.3 is 5.87 Å². The van der Waals surface area contributed by atoms with Crippen molar-refractivity contribution in [1.82, 2.24) is 0 Å². The molecule has 3 heteroatoms. The van der Waals surface area contributed by atoms with E-state index < -0.39 is 0 Å². The smallest absolute Gasteiger partial charge is 0.303 e. The zero-order chi connectivity index (χ0) is 28.5. The van der Waals surface area contributed by atoms with E-state index in [1.807, 2.05) is 0 Å². The van der Waals surface area contributed by atoms with Crippen LogP contribution in [0.2, 0.25) is 0 Å². The fraction of sp³-hybridized carbons (Fsp3) is 0.568. The maximum Gasteiger partial charge on any atom is 0.303 e. The Hall–Kier alpha value is -2.17.